The van der Waals surface area contributed by atoms with Crippen molar-refractivity contribution in [3.05, 3.63) is 23.8 Å². The highest BCUT2D eigenvalue weighted by Crippen LogP contribution is 2.27. The topological polar surface area (TPSA) is 59.9 Å². The van der Waals surface area contributed by atoms with E-state index in [1.807, 2.05) is 19.1 Å². The summed E-state index contributed by atoms with van der Waals surface area (Å²) in [7, 11) is 1.59. The van der Waals surface area contributed by atoms with Crippen LogP contribution in [0.2, 0.25) is 0 Å². The van der Waals surface area contributed by atoms with Gasteiger partial charge in [-0.15, -0.1) is 0 Å². The molecule has 0 aliphatic rings. The zero-order valence-corrected chi connectivity index (χ0v) is 10.9. The van der Waals surface area contributed by atoms with Crippen molar-refractivity contribution in [3.63, 3.8) is 0 Å². The second-order valence-corrected chi connectivity index (χ2v) is 3.68. The van der Waals surface area contributed by atoms with E-state index in [1.54, 1.807) is 19.4 Å². The van der Waals surface area contributed by atoms with E-state index >= 15 is 0 Å². The highest BCUT2D eigenvalue weighted by Gasteiger charge is 2.04. The zero-order valence-electron chi connectivity index (χ0n) is 10.9. The van der Waals surface area contributed by atoms with E-state index in [1.165, 1.54) is 6.92 Å². The molecular formula is C13H18N2O3. The van der Waals surface area contributed by atoms with Crippen LogP contribution in [-0.2, 0) is 4.79 Å². The van der Waals surface area contributed by atoms with E-state index in [0.717, 1.165) is 12.0 Å². The first-order valence-electron chi connectivity index (χ1n) is 5.77. The standard InChI is InChI=1S/C13H18N2O3/c1-4-7-18-12-6-5-11(8-13(12)17-3)9-14-15-10(2)16/h5-6,8-9H,4,7H2,1-3H3,(H,15,16)/b14-9-. The van der Waals surface area contributed by atoms with Crippen molar-refractivity contribution in [1.82, 2.24) is 5.43 Å². The lowest BCUT2D eigenvalue weighted by Gasteiger charge is -2.10. The molecule has 0 heterocycles. The summed E-state index contributed by atoms with van der Waals surface area (Å²) < 4.78 is 10.8. The molecule has 0 spiro atoms. The van der Waals surface area contributed by atoms with Gasteiger partial charge in [0.05, 0.1) is 19.9 Å². The SMILES string of the molecule is CCCOc1ccc(/C=N\NC(C)=O)cc1OC. The van der Waals surface area contributed by atoms with Crippen LogP contribution in [0.3, 0.4) is 0 Å². The highest BCUT2D eigenvalue weighted by atomic mass is 16.5. The Morgan fingerprint density at radius 2 is 2.22 bits per heavy atom. The van der Waals surface area contributed by atoms with Crippen LogP contribution in [0.5, 0.6) is 11.5 Å². The van der Waals surface area contributed by atoms with Gasteiger partial charge in [0, 0.05) is 6.92 Å². The molecule has 98 valence electrons. The number of methoxy groups -OCH3 is 1. The fraction of sp³-hybridized carbons (Fsp3) is 0.385. The van der Waals surface area contributed by atoms with Gasteiger partial charge in [0.25, 0.3) is 0 Å². The Balaban J connectivity index is 2.77. The molecule has 0 saturated heterocycles. The molecule has 1 N–H and O–H groups in total. The lowest BCUT2D eigenvalue weighted by atomic mass is 10.2. The van der Waals surface area contributed by atoms with Gasteiger partial charge in [0.1, 0.15) is 0 Å². The molecule has 1 aromatic carbocycles. The largest absolute Gasteiger partial charge is 0.493 e. The molecule has 1 aromatic rings. The number of amides is 1. The van der Waals surface area contributed by atoms with Gasteiger partial charge in [-0.25, -0.2) is 5.43 Å². The van der Waals surface area contributed by atoms with Gasteiger partial charge in [0.2, 0.25) is 5.91 Å². The molecule has 5 heteroatoms. The normalized spacial score (nSPS) is 10.4. The van der Waals surface area contributed by atoms with Gasteiger partial charge in [0.15, 0.2) is 11.5 Å². The summed E-state index contributed by atoms with van der Waals surface area (Å²) in [6.45, 7) is 4.09. The first-order chi connectivity index (χ1) is 8.67. The molecule has 1 amide bonds. The number of carbonyl (C=O) groups is 1. The van der Waals surface area contributed by atoms with Gasteiger partial charge in [-0.05, 0) is 30.2 Å². The summed E-state index contributed by atoms with van der Waals surface area (Å²) in [6.07, 6.45) is 2.49. The van der Waals surface area contributed by atoms with Gasteiger partial charge >= 0.3 is 0 Å². The fourth-order valence-corrected chi connectivity index (χ4v) is 1.29. The first-order valence-corrected chi connectivity index (χ1v) is 5.77. The average molecular weight is 250 g/mol. The van der Waals surface area contributed by atoms with Crippen LogP contribution in [0.1, 0.15) is 25.8 Å². The number of nitrogens with one attached hydrogen (secondary N) is 1. The molecule has 0 atom stereocenters. The van der Waals surface area contributed by atoms with Crippen molar-refractivity contribution < 1.29 is 14.3 Å². The minimum absolute atomic E-state index is 0.207. The minimum Gasteiger partial charge on any atom is -0.493 e. The molecule has 0 aliphatic carbocycles. The summed E-state index contributed by atoms with van der Waals surface area (Å²) in [6, 6.07) is 5.47. The molecule has 0 fully saturated rings. The number of hydrogen-bond donors (Lipinski definition) is 1. The summed E-state index contributed by atoms with van der Waals surface area (Å²) in [5.41, 5.74) is 3.16. The Morgan fingerprint density at radius 3 is 2.83 bits per heavy atom. The van der Waals surface area contributed by atoms with Crippen molar-refractivity contribution in [2.24, 2.45) is 5.10 Å². The molecule has 0 unspecified atom stereocenters. The van der Waals surface area contributed by atoms with E-state index in [9.17, 15) is 4.79 Å². The number of benzene rings is 1. The van der Waals surface area contributed by atoms with E-state index in [0.29, 0.717) is 18.1 Å². The van der Waals surface area contributed by atoms with Gasteiger partial charge < -0.3 is 9.47 Å². The van der Waals surface area contributed by atoms with E-state index < -0.39 is 0 Å². The van der Waals surface area contributed by atoms with Gasteiger partial charge in [-0.3, -0.25) is 4.79 Å². The van der Waals surface area contributed by atoms with Crippen LogP contribution < -0.4 is 14.9 Å². The second kappa shape index (κ2) is 7.32. The van der Waals surface area contributed by atoms with Crippen LogP contribution in [0.15, 0.2) is 23.3 Å². The van der Waals surface area contributed by atoms with Crippen LogP contribution in [0.4, 0.5) is 0 Å². The number of hydrazone groups is 1. The molecule has 1 rings (SSSR count). The van der Waals surface area contributed by atoms with Crippen molar-refractivity contribution in [2.75, 3.05) is 13.7 Å². The maximum atomic E-state index is 10.7. The molecule has 0 bridgehead atoms. The third-order valence-electron chi connectivity index (χ3n) is 2.08. The van der Waals surface area contributed by atoms with Crippen LogP contribution in [-0.4, -0.2) is 25.8 Å². The summed E-state index contributed by atoms with van der Waals surface area (Å²) in [5.74, 6) is 1.15. The Hall–Kier alpha value is -2.04. The smallest absolute Gasteiger partial charge is 0.236 e. The fourth-order valence-electron chi connectivity index (χ4n) is 1.29. The minimum atomic E-state index is -0.207. The summed E-state index contributed by atoms with van der Waals surface area (Å²) in [4.78, 5) is 10.7. The Labute approximate surface area is 107 Å². The van der Waals surface area contributed by atoms with Crippen molar-refractivity contribution in [1.29, 1.82) is 0 Å². The monoisotopic (exact) mass is 250 g/mol. The van der Waals surface area contributed by atoms with E-state index in [-0.39, 0.29) is 5.91 Å². The maximum Gasteiger partial charge on any atom is 0.236 e. The number of ether oxygens (including phenoxy) is 2. The molecule has 18 heavy (non-hydrogen) atoms. The quantitative estimate of drug-likeness (QED) is 0.620. The molecular weight excluding hydrogens is 232 g/mol. The molecule has 0 aromatic heterocycles. The molecule has 0 radical (unpaired) electrons. The van der Waals surface area contributed by atoms with E-state index in [2.05, 4.69) is 10.5 Å². The van der Waals surface area contributed by atoms with Gasteiger partial charge in [-0.1, -0.05) is 6.92 Å². The lowest BCUT2D eigenvalue weighted by Crippen LogP contribution is -2.12. The van der Waals surface area contributed by atoms with Crippen molar-refractivity contribution in [2.45, 2.75) is 20.3 Å². The number of carbonyl (C=O) groups excluding carboxylic acids is 1. The number of rotatable bonds is 6. The Bertz CT molecular complexity index is 430. The van der Waals surface area contributed by atoms with E-state index in [4.69, 9.17) is 9.47 Å². The third-order valence-corrected chi connectivity index (χ3v) is 2.08. The van der Waals surface area contributed by atoms with Crippen LogP contribution >= 0.6 is 0 Å². The molecule has 5 nitrogen and oxygen atoms in total. The second-order valence-electron chi connectivity index (χ2n) is 3.68. The Morgan fingerprint density at radius 1 is 1.44 bits per heavy atom. The van der Waals surface area contributed by atoms with Crippen LogP contribution in [0, 0.1) is 0 Å². The number of nitrogens with zero attached hydrogens (tertiary/aromatic N) is 1. The van der Waals surface area contributed by atoms with Crippen molar-refractivity contribution >= 4 is 12.1 Å². The maximum absolute atomic E-state index is 10.7. The highest BCUT2D eigenvalue weighted by molar-refractivity contribution is 5.82. The third kappa shape index (κ3) is 4.45. The lowest BCUT2D eigenvalue weighted by molar-refractivity contribution is -0.118. The predicted octanol–water partition coefficient (Wildman–Crippen LogP) is 1.95. The summed E-state index contributed by atoms with van der Waals surface area (Å²) in [5, 5.41) is 3.79. The summed E-state index contributed by atoms with van der Waals surface area (Å²) >= 11 is 0. The zero-order chi connectivity index (χ0) is 13.4. The van der Waals surface area contributed by atoms with Crippen molar-refractivity contribution in [3.8, 4) is 11.5 Å². The van der Waals surface area contributed by atoms with Gasteiger partial charge in [-0.2, -0.15) is 5.10 Å². The predicted molar refractivity (Wildman–Crippen MR) is 70.2 cm³/mol. The number of hydrogen-bond acceptors (Lipinski definition) is 4. The Kier molecular flexibility index (Phi) is 5.70. The molecule has 0 saturated carbocycles. The van der Waals surface area contributed by atoms with Crippen LogP contribution in [0.25, 0.3) is 0 Å². The molecule has 0 aliphatic heterocycles. The average Bonchev–Trinajstić information content (AvgIpc) is 2.36. The first kappa shape index (κ1) is 14.0.